The van der Waals surface area contributed by atoms with Gasteiger partial charge in [0.2, 0.25) is 0 Å². The molecule has 1 aromatic heterocycles. The number of anilines is 1. The Morgan fingerprint density at radius 2 is 1.79 bits per heavy atom. The van der Waals surface area contributed by atoms with Gasteiger partial charge < -0.3 is 14.8 Å². The zero-order chi connectivity index (χ0) is 20.6. The van der Waals surface area contributed by atoms with Crippen molar-refractivity contribution < 1.29 is 19.1 Å². The van der Waals surface area contributed by atoms with Crippen molar-refractivity contribution in [2.45, 2.75) is 6.61 Å². The fraction of sp³-hybridized carbons (Fsp3) is 0.0952. The number of ether oxygens (including phenoxy) is 2. The van der Waals surface area contributed by atoms with Gasteiger partial charge in [-0.25, -0.2) is 4.79 Å². The number of carbonyl (C=O) groups is 2. The number of pyridine rings is 1. The summed E-state index contributed by atoms with van der Waals surface area (Å²) in [4.78, 5) is 27.6. The van der Waals surface area contributed by atoms with Crippen LogP contribution < -0.4 is 15.4 Å². The highest BCUT2D eigenvalue weighted by molar-refractivity contribution is 6.33. The van der Waals surface area contributed by atoms with E-state index in [1.54, 1.807) is 24.3 Å². The summed E-state index contributed by atoms with van der Waals surface area (Å²) < 4.78 is 10.9. The quantitative estimate of drug-likeness (QED) is 0.617. The van der Waals surface area contributed by atoms with Crippen LogP contribution in [0, 0.1) is 0 Å². The van der Waals surface area contributed by atoms with Crippen LogP contribution in [-0.4, -0.2) is 24.0 Å². The van der Waals surface area contributed by atoms with E-state index in [0.717, 1.165) is 5.56 Å². The van der Waals surface area contributed by atoms with E-state index in [0.29, 0.717) is 17.2 Å². The fourth-order valence-electron chi connectivity index (χ4n) is 2.39. The molecule has 3 rings (SSSR count). The van der Waals surface area contributed by atoms with Gasteiger partial charge in [-0.05, 0) is 23.8 Å². The summed E-state index contributed by atoms with van der Waals surface area (Å²) in [5.74, 6) is 0.548. The van der Waals surface area contributed by atoms with Crippen molar-refractivity contribution in [2.75, 3.05) is 12.4 Å². The highest BCUT2D eigenvalue weighted by Crippen LogP contribution is 2.30. The van der Waals surface area contributed by atoms with E-state index in [2.05, 4.69) is 15.6 Å². The molecule has 0 unspecified atom stereocenters. The molecule has 0 radical (unpaired) electrons. The second-order valence-electron chi connectivity index (χ2n) is 5.89. The molecule has 1 heterocycles. The maximum Gasteiger partial charge on any atom is 0.412 e. The monoisotopic (exact) mass is 411 g/mol. The van der Waals surface area contributed by atoms with E-state index in [1.165, 1.54) is 19.3 Å². The van der Waals surface area contributed by atoms with Gasteiger partial charge >= 0.3 is 6.09 Å². The molecule has 7 nitrogen and oxygen atoms in total. The first-order valence-electron chi connectivity index (χ1n) is 8.68. The van der Waals surface area contributed by atoms with Crippen molar-refractivity contribution in [1.29, 1.82) is 0 Å². The second-order valence-corrected chi connectivity index (χ2v) is 6.29. The van der Waals surface area contributed by atoms with Gasteiger partial charge in [-0.15, -0.1) is 0 Å². The smallest absolute Gasteiger partial charge is 0.412 e. The number of nitrogens with one attached hydrogen (secondary N) is 2. The number of aromatic nitrogens is 1. The van der Waals surface area contributed by atoms with Crippen LogP contribution in [0.15, 0.2) is 66.9 Å². The molecule has 0 aliphatic carbocycles. The zero-order valence-electron chi connectivity index (χ0n) is 15.5. The molecule has 0 aliphatic rings. The largest absolute Gasteiger partial charge is 0.457 e. The number of benzene rings is 2. The fourth-order valence-corrected chi connectivity index (χ4v) is 2.61. The molecule has 0 atom stereocenters. The lowest BCUT2D eigenvalue weighted by atomic mass is 10.2. The molecule has 0 bridgehead atoms. The van der Waals surface area contributed by atoms with E-state index in [1.807, 2.05) is 30.3 Å². The first-order chi connectivity index (χ1) is 14.0. The summed E-state index contributed by atoms with van der Waals surface area (Å²) in [7, 11) is 1.52. The van der Waals surface area contributed by atoms with Crippen LogP contribution in [0.4, 0.5) is 10.5 Å². The average Bonchev–Trinajstić information content (AvgIpc) is 2.74. The Labute approximate surface area is 172 Å². The zero-order valence-corrected chi connectivity index (χ0v) is 16.3. The third-order valence-electron chi connectivity index (χ3n) is 3.82. The first-order valence-corrected chi connectivity index (χ1v) is 9.06. The van der Waals surface area contributed by atoms with Gasteiger partial charge in [-0.3, -0.25) is 15.1 Å². The molecule has 29 heavy (non-hydrogen) atoms. The Morgan fingerprint density at radius 3 is 2.52 bits per heavy atom. The summed E-state index contributed by atoms with van der Waals surface area (Å²) in [5, 5.41) is 5.37. The lowest BCUT2D eigenvalue weighted by Crippen LogP contribution is -2.18. The van der Waals surface area contributed by atoms with Crippen LogP contribution in [0.2, 0.25) is 5.02 Å². The predicted molar refractivity (Wildman–Crippen MR) is 109 cm³/mol. The number of halogens is 1. The Morgan fingerprint density at radius 1 is 1.03 bits per heavy atom. The lowest BCUT2D eigenvalue weighted by Gasteiger charge is -2.11. The number of hydrogen-bond donors (Lipinski definition) is 2. The molecule has 2 aromatic carbocycles. The van der Waals surface area contributed by atoms with Crippen LogP contribution in [0.3, 0.4) is 0 Å². The number of carbonyl (C=O) groups excluding carboxylic acids is 2. The van der Waals surface area contributed by atoms with Crippen molar-refractivity contribution in [1.82, 2.24) is 10.3 Å². The molecule has 0 saturated heterocycles. The third-order valence-corrected chi connectivity index (χ3v) is 4.13. The molecule has 0 fully saturated rings. The Bertz CT molecular complexity index is 1010. The number of amides is 2. The van der Waals surface area contributed by atoms with Crippen molar-refractivity contribution in [3.63, 3.8) is 0 Å². The maximum atomic E-state index is 12.0. The SMILES string of the molecule is CNC(=O)c1cc(Oc2ccc(NC(=O)OCc3ccccc3)c(Cl)c2)ccn1. The highest BCUT2D eigenvalue weighted by atomic mass is 35.5. The summed E-state index contributed by atoms with van der Waals surface area (Å²) in [6, 6.07) is 17.3. The van der Waals surface area contributed by atoms with Crippen molar-refractivity contribution in [3.8, 4) is 11.5 Å². The minimum atomic E-state index is -0.617. The molecular formula is C21H18ClN3O4. The second kappa shape index (κ2) is 9.57. The van der Waals surface area contributed by atoms with E-state index >= 15 is 0 Å². The van der Waals surface area contributed by atoms with E-state index < -0.39 is 6.09 Å². The van der Waals surface area contributed by atoms with E-state index in [-0.39, 0.29) is 23.2 Å². The first kappa shape index (κ1) is 20.2. The molecule has 8 heteroatoms. The van der Waals surface area contributed by atoms with E-state index in [9.17, 15) is 9.59 Å². The van der Waals surface area contributed by atoms with Crippen LogP contribution >= 0.6 is 11.6 Å². The molecule has 0 saturated carbocycles. The molecule has 148 valence electrons. The Hall–Kier alpha value is -3.58. The summed E-state index contributed by atoms with van der Waals surface area (Å²) >= 11 is 6.23. The van der Waals surface area contributed by atoms with Crippen molar-refractivity contribution in [3.05, 3.63) is 83.1 Å². The van der Waals surface area contributed by atoms with Gasteiger partial charge in [-0.2, -0.15) is 0 Å². The van der Waals surface area contributed by atoms with Crippen molar-refractivity contribution >= 4 is 29.3 Å². The number of hydrogen-bond acceptors (Lipinski definition) is 5. The molecule has 0 spiro atoms. The lowest BCUT2D eigenvalue weighted by molar-refractivity contribution is 0.0957. The summed E-state index contributed by atoms with van der Waals surface area (Å²) in [5.41, 5.74) is 1.50. The topological polar surface area (TPSA) is 89.6 Å². The van der Waals surface area contributed by atoms with Crippen LogP contribution in [0.5, 0.6) is 11.5 Å². The van der Waals surface area contributed by atoms with Gasteiger partial charge in [0, 0.05) is 25.4 Å². The third kappa shape index (κ3) is 5.70. The molecule has 2 amide bonds. The Kier molecular flexibility index (Phi) is 6.65. The Balaban J connectivity index is 1.61. The van der Waals surface area contributed by atoms with Gasteiger partial charge in [0.15, 0.2) is 0 Å². The number of rotatable bonds is 6. The average molecular weight is 412 g/mol. The van der Waals surface area contributed by atoms with Crippen molar-refractivity contribution in [2.24, 2.45) is 0 Å². The van der Waals surface area contributed by atoms with Gasteiger partial charge in [-0.1, -0.05) is 41.9 Å². The van der Waals surface area contributed by atoms with Gasteiger partial charge in [0.25, 0.3) is 5.91 Å². The van der Waals surface area contributed by atoms with Crippen LogP contribution in [0.1, 0.15) is 16.1 Å². The molecular weight excluding hydrogens is 394 g/mol. The standard InChI is InChI=1S/C21H18ClN3O4/c1-23-20(26)19-12-16(9-10-24-19)29-15-7-8-18(17(22)11-15)25-21(27)28-13-14-5-3-2-4-6-14/h2-12H,13H2,1H3,(H,23,26)(H,25,27). The normalized spacial score (nSPS) is 10.1. The molecule has 0 aliphatic heterocycles. The maximum absolute atomic E-state index is 12.0. The summed E-state index contributed by atoms with van der Waals surface area (Å²) in [6.45, 7) is 0.154. The van der Waals surface area contributed by atoms with Gasteiger partial charge in [0.1, 0.15) is 23.8 Å². The highest BCUT2D eigenvalue weighted by Gasteiger charge is 2.10. The van der Waals surface area contributed by atoms with E-state index in [4.69, 9.17) is 21.1 Å². The molecule has 2 N–H and O–H groups in total. The number of nitrogens with zero attached hydrogens (tertiary/aromatic N) is 1. The minimum absolute atomic E-state index is 0.154. The summed E-state index contributed by atoms with van der Waals surface area (Å²) in [6.07, 6.45) is 0.856. The molecule has 3 aromatic rings. The minimum Gasteiger partial charge on any atom is -0.457 e. The predicted octanol–water partition coefficient (Wildman–Crippen LogP) is 4.64. The van der Waals surface area contributed by atoms with Crippen LogP contribution in [-0.2, 0) is 11.3 Å². The van der Waals surface area contributed by atoms with Crippen LogP contribution in [0.25, 0.3) is 0 Å². The van der Waals surface area contributed by atoms with Gasteiger partial charge in [0.05, 0.1) is 10.7 Å².